The maximum atomic E-state index is 12.3. The highest BCUT2D eigenvalue weighted by molar-refractivity contribution is 7.07. The maximum absolute atomic E-state index is 12.3. The lowest BCUT2D eigenvalue weighted by atomic mass is 10.2. The van der Waals surface area contributed by atoms with Gasteiger partial charge in [-0.05, 0) is 6.92 Å². The van der Waals surface area contributed by atoms with E-state index in [0.717, 1.165) is 0 Å². The summed E-state index contributed by atoms with van der Waals surface area (Å²) in [5.41, 5.74) is 2.40. The van der Waals surface area contributed by atoms with Gasteiger partial charge in [0.1, 0.15) is 17.6 Å². The third-order valence-corrected chi connectivity index (χ3v) is 3.80. The number of morpholine rings is 1. The van der Waals surface area contributed by atoms with Gasteiger partial charge in [0.05, 0.1) is 24.4 Å². The Morgan fingerprint density at radius 1 is 1.57 bits per heavy atom. The zero-order chi connectivity index (χ0) is 14.8. The number of rotatable bonds is 2. The van der Waals surface area contributed by atoms with Crippen molar-refractivity contribution in [2.24, 2.45) is 0 Å². The van der Waals surface area contributed by atoms with Crippen LogP contribution in [0.1, 0.15) is 28.1 Å². The Kier molecular flexibility index (Phi) is 3.80. The highest BCUT2D eigenvalue weighted by Crippen LogP contribution is 2.21. The number of aryl methyl sites for hydroxylation is 1. The topological polar surface area (TPSA) is 88.2 Å². The van der Waals surface area contributed by atoms with Crippen molar-refractivity contribution in [2.45, 2.75) is 13.0 Å². The molecule has 2 aromatic heterocycles. The number of hydrogen-bond donors (Lipinski definition) is 1. The normalized spacial score (nSPS) is 18.7. The number of thiazole rings is 1. The number of amides is 1. The van der Waals surface area contributed by atoms with E-state index in [4.69, 9.17) is 4.74 Å². The summed E-state index contributed by atoms with van der Waals surface area (Å²) in [6.07, 6.45) is -0.387. The first-order chi connectivity index (χ1) is 10.1. The van der Waals surface area contributed by atoms with Crippen molar-refractivity contribution in [1.82, 2.24) is 19.9 Å². The first kappa shape index (κ1) is 13.9. The molecule has 1 atom stereocenters. The van der Waals surface area contributed by atoms with Crippen LogP contribution in [0.3, 0.4) is 0 Å². The molecule has 0 radical (unpaired) electrons. The Bertz CT molecular complexity index is 698. The molecule has 1 aliphatic rings. The summed E-state index contributed by atoms with van der Waals surface area (Å²) in [5.74, 6) is 0.412. The van der Waals surface area contributed by atoms with Gasteiger partial charge in [0.2, 0.25) is 0 Å². The molecular formula is C13H14N4O3S. The third kappa shape index (κ3) is 3.01. The second kappa shape index (κ2) is 5.74. The molecule has 110 valence electrons. The zero-order valence-electron chi connectivity index (χ0n) is 11.4. The first-order valence-electron chi connectivity index (χ1n) is 6.50. The van der Waals surface area contributed by atoms with E-state index in [9.17, 15) is 9.59 Å². The summed E-state index contributed by atoms with van der Waals surface area (Å²) in [5, 5.41) is 1.72. The van der Waals surface area contributed by atoms with Crippen molar-refractivity contribution >= 4 is 17.2 Å². The highest BCUT2D eigenvalue weighted by atomic mass is 32.1. The molecule has 1 amide bonds. The predicted octanol–water partition coefficient (Wildman–Crippen LogP) is 0.749. The molecule has 1 aliphatic heterocycles. The Labute approximate surface area is 124 Å². The van der Waals surface area contributed by atoms with Gasteiger partial charge < -0.3 is 14.6 Å². The molecule has 1 N–H and O–H groups in total. The van der Waals surface area contributed by atoms with Gasteiger partial charge in [-0.2, -0.15) is 0 Å². The van der Waals surface area contributed by atoms with E-state index in [0.29, 0.717) is 36.9 Å². The van der Waals surface area contributed by atoms with Gasteiger partial charge in [0.15, 0.2) is 0 Å². The van der Waals surface area contributed by atoms with Crippen LogP contribution < -0.4 is 5.56 Å². The minimum Gasteiger partial charge on any atom is -0.368 e. The number of H-pyrrole nitrogens is 1. The van der Waals surface area contributed by atoms with Crippen molar-refractivity contribution in [2.75, 3.05) is 19.7 Å². The van der Waals surface area contributed by atoms with Crippen molar-refractivity contribution in [3.63, 3.8) is 0 Å². The van der Waals surface area contributed by atoms with Gasteiger partial charge in [0.25, 0.3) is 11.5 Å². The molecule has 1 fully saturated rings. The molecule has 0 bridgehead atoms. The van der Waals surface area contributed by atoms with Crippen LogP contribution in [0.25, 0.3) is 0 Å². The molecule has 1 unspecified atom stereocenters. The van der Waals surface area contributed by atoms with Crippen LogP contribution in [0, 0.1) is 6.92 Å². The second-order valence-electron chi connectivity index (χ2n) is 4.74. The molecule has 21 heavy (non-hydrogen) atoms. The molecule has 0 aromatic carbocycles. The number of hydrogen-bond acceptors (Lipinski definition) is 6. The van der Waals surface area contributed by atoms with E-state index >= 15 is 0 Å². The minimum atomic E-state index is -0.387. The lowest BCUT2D eigenvalue weighted by Crippen LogP contribution is -2.42. The Morgan fingerprint density at radius 2 is 2.43 bits per heavy atom. The largest absolute Gasteiger partial charge is 0.368 e. The molecule has 7 nitrogen and oxygen atoms in total. The number of ether oxygens (including phenoxy) is 1. The number of carbonyl (C=O) groups excluding carboxylic acids is 1. The first-order valence-corrected chi connectivity index (χ1v) is 7.44. The van der Waals surface area contributed by atoms with Crippen LogP contribution in [0.4, 0.5) is 0 Å². The van der Waals surface area contributed by atoms with E-state index in [1.807, 2.05) is 0 Å². The van der Waals surface area contributed by atoms with Crippen LogP contribution in [0.15, 0.2) is 21.8 Å². The van der Waals surface area contributed by atoms with E-state index in [1.165, 1.54) is 17.4 Å². The maximum Gasteiger partial charge on any atom is 0.273 e. The predicted molar refractivity (Wildman–Crippen MR) is 76.3 cm³/mol. The van der Waals surface area contributed by atoms with Gasteiger partial charge in [-0.3, -0.25) is 9.59 Å². The fourth-order valence-corrected chi connectivity index (χ4v) is 2.79. The lowest BCUT2D eigenvalue weighted by molar-refractivity contribution is -0.0250. The number of aromatic amines is 1. The van der Waals surface area contributed by atoms with Crippen LogP contribution in [-0.2, 0) is 4.74 Å². The summed E-state index contributed by atoms with van der Waals surface area (Å²) in [4.78, 5) is 36.4. The van der Waals surface area contributed by atoms with Gasteiger partial charge in [-0.1, -0.05) is 0 Å². The lowest BCUT2D eigenvalue weighted by Gasteiger charge is -2.32. The van der Waals surface area contributed by atoms with Gasteiger partial charge >= 0.3 is 0 Å². The summed E-state index contributed by atoms with van der Waals surface area (Å²) in [6, 6.07) is 1.41. The average Bonchev–Trinajstić information content (AvgIpc) is 3.00. The molecule has 0 aliphatic carbocycles. The van der Waals surface area contributed by atoms with Crippen molar-refractivity contribution in [3.05, 3.63) is 44.5 Å². The summed E-state index contributed by atoms with van der Waals surface area (Å²) >= 11 is 1.39. The Hall–Kier alpha value is -2.06. The highest BCUT2D eigenvalue weighted by Gasteiger charge is 2.28. The van der Waals surface area contributed by atoms with E-state index in [-0.39, 0.29) is 17.6 Å². The number of nitrogens with zero attached hydrogens (tertiary/aromatic N) is 3. The van der Waals surface area contributed by atoms with E-state index in [1.54, 1.807) is 22.7 Å². The van der Waals surface area contributed by atoms with Crippen LogP contribution in [0.5, 0.6) is 0 Å². The smallest absolute Gasteiger partial charge is 0.273 e. The molecule has 8 heteroatoms. The summed E-state index contributed by atoms with van der Waals surface area (Å²) in [7, 11) is 0. The van der Waals surface area contributed by atoms with Gasteiger partial charge in [-0.25, -0.2) is 9.97 Å². The zero-order valence-corrected chi connectivity index (χ0v) is 12.2. The van der Waals surface area contributed by atoms with Crippen molar-refractivity contribution < 1.29 is 9.53 Å². The van der Waals surface area contributed by atoms with Crippen molar-refractivity contribution in [1.29, 1.82) is 0 Å². The SMILES string of the molecule is Cc1nc(C2CN(C(=O)c3cscn3)CCO2)cc(=O)[nH]1. The summed E-state index contributed by atoms with van der Waals surface area (Å²) in [6.45, 7) is 3.00. The summed E-state index contributed by atoms with van der Waals surface area (Å²) < 4.78 is 5.64. The Balaban J connectivity index is 1.79. The Morgan fingerprint density at radius 3 is 3.14 bits per heavy atom. The molecule has 0 spiro atoms. The van der Waals surface area contributed by atoms with Gasteiger partial charge in [0, 0.05) is 18.0 Å². The van der Waals surface area contributed by atoms with Crippen LogP contribution >= 0.6 is 11.3 Å². The van der Waals surface area contributed by atoms with Crippen LogP contribution in [-0.4, -0.2) is 45.5 Å². The fraction of sp³-hybridized carbons (Fsp3) is 0.385. The number of nitrogens with one attached hydrogen (secondary N) is 1. The quantitative estimate of drug-likeness (QED) is 0.884. The molecule has 0 saturated carbocycles. The standard InChI is InChI=1S/C13H14N4O3S/c1-8-15-9(4-12(18)16-8)11-5-17(2-3-20-11)13(19)10-6-21-7-14-10/h4,6-7,11H,2-3,5H2,1H3,(H,15,16,18). The molecule has 1 saturated heterocycles. The monoisotopic (exact) mass is 306 g/mol. The fourth-order valence-electron chi connectivity index (χ4n) is 2.26. The average molecular weight is 306 g/mol. The molecule has 3 heterocycles. The van der Waals surface area contributed by atoms with Crippen LogP contribution in [0.2, 0.25) is 0 Å². The number of carbonyl (C=O) groups is 1. The minimum absolute atomic E-state index is 0.119. The second-order valence-corrected chi connectivity index (χ2v) is 5.46. The molecule has 3 rings (SSSR count). The van der Waals surface area contributed by atoms with E-state index < -0.39 is 0 Å². The molecular weight excluding hydrogens is 292 g/mol. The molecule has 2 aromatic rings. The van der Waals surface area contributed by atoms with Gasteiger partial charge in [-0.15, -0.1) is 11.3 Å². The van der Waals surface area contributed by atoms with E-state index in [2.05, 4.69) is 15.0 Å². The van der Waals surface area contributed by atoms with Crippen molar-refractivity contribution in [3.8, 4) is 0 Å². The number of aromatic nitrogens is 3. The third-order valence-electron chi connectivity index (χ3n) is 3.21.